The van der Waals surface area contributed by atoms with E-state index in [2.05, 4.69) is 31.2 Å². The Hall–Kier alpha value is -1.37. The van der Waals surface area contributed by atoms with Gasteiger partial charge in [0, 0.05) is 5.56 Å². The zero-order valence-electron chi connectivity index (χ0n) is 9.19. The summed E-state index contributed by atoms with van der Waals surface area (Å²) in [5.41, 5.74) is 0.256. The first-order valence-electron chi connectivity index (χ1n) is 4.95. The van der Waals surface area contributed by atoms with Crippen LogP contribution in [0, 0.1) is 0 Å². The number of benzene rings is 1. The van der Waals surface area contributed by atoms with Crippen LogP contribution in [0.3, 0.4) is 0 Å². The summed E-state index contributed by atoms with van der Waals surface area (Å²) in [7, 11) is 0. The number of carbonyl (C=O) groups excluding carboxylic acids is 1. The molecular formula is C11H6BrCl2N3O2. The van der Waals surface area contributed by atoms with Crippen LogP contribution in [0.5, 0.6) is 5.75 Å². The Morgan fingerprint density at radius 3 is 2.74 bits per heavy atom. The molecule has 0 bridgehead atoms. The third-order valence-electron chi connectivity index (χ3n) is 2.19. The number of hydrogen-bond donors (Lipinski definition) is 2. The summed E-state index contributed by atoms with van der Waals surface area (Å²) >= 11 is 14.7. The number of phenolic OH excluding ortho intramolecular Hbond substituents is 1. The van der Waals surface area contributed by atoms with Gasteiger partial charge in [0.05, 0.1) is 4.47 Å². The Balaban J connectivity index is 2.26. The van der Waals surface area contributed by atoms with Gasteiger partial charge < -0.3 is 10.4 Å². The minimum Gasteiger partial charge on any atom is -0.507 e. The number of rotatable bonds is 2. The Kier molecular flexibility index (Phi) is 4.24. The van der Waals surface area contributed by atoms with Crippen molar-refractivity contribution in [3.8, 4) is 5.75 Å². The van der Waals surface area contributed by atoms with Gasteiger partial charge in [0.2, 0.25) is 0 Å². The van der Waals surface area contributed by atoms with Crippen molar-refractivity contribution in [2.75, 3.05) is 5.32 Å². The van der Waals surface area contributed by atoms with Crippen LogP contribution in [0.4, 0.5) is 5.82 Å². The van der Waals surface area contributed by atoms with E-state index in [-0.39, 0.29) is 27.3 Å². The molecule has 0 aliphatic rings. The first-order chi connectivity index (χ1) is 8.99. The predicted molar refractivity (Wildman–Crippen MR) is 75.8 cm³/mol. The number of aromatic hydroxyl groups is 1. The molecule has 1 aromatic carbocycles. The summed E-state index contributed by atoms with van der Waals surface area (Å²) in [5, 5.41) is 12.1. The monoisotopic (exact) mass is 361 g/mol. The Bertz CT molecular complexity index is 652. The topological polar surface area (TPSA) is 75.1 Å². The summed E-state index contributed by atoms with van der Waals surface area (Å²) in [6.07, 6.45) is 1.18. The van der Waals surface area contributed by atoms with Crippen molar-refractivity contribution in [3.05, 3.63) is 44.7 Å². The maximum Gasteiger partial charge on any atom is 0.256 e. The summed E-state index contributed by atoms with van der Waals surface area (Å²) in [5.74, 6) is -0.409. The molecule has 5 nitrogen and oxygen atoms in total. The molecule has 2 rings (SSSR count). The third kappa shape index (κ3) is 3.15. The maximum atomic E-state index is 11.9. The van der Waals surface area contributed by atoms with Crippen LogP contribution in [0.25, 0.3) is 0 Å². The zero-order chi connectivity index (χ0) is 14.0. The SMILES string of the molecule is O=C(Nc1ncnc(Cl)c1Cl)c1ccc(Br)c(O)c1. The van der Waals surface area contributed by atoms with Crippen LogP contribution in [0.15, 0.2) is 29.0 Å². The van der Waals surface area contributed by atoms with Gasteiger partial charge in [0.15, 0.2) is 11.0 Å². The minimum absolute atomic E-state index is 0.0422. The largest absolute Gasteiger partial charge is 0.507 e. The number of aromatic nitrogens is 2. The summed E-state index contributed by atoms with van der Waals surface area (Å²) in [6, 6.07) is 4.41. The van der Waals surface area contributed by atoms with Gasteiger partial charge in [-0.15, -0.1) is 0 Å². The molecule has 19 heavy (non-hydrogen) atoms. The summed E-state index contributed by atoms with van der Waals surface area (Å²) in [6.45, 7) is 0. The Morgan fingerprint density at radius 1 is 1.32 bits per heavy atom. The highest BCUT2D eigenvalue weighted by Gasteiger charge is 2.13. The molecule has 0 aliphatic heterocycles. The molecule has 0 aliphatic carbocycles. The molecule has 0 radical (unpaired) electrons. The van der Waals surface area contributed by atoms with Crippen molar-refractivity contribution >= 4 is 50.9 Å². The van der Waals surface area contributed by atoms with Crippen LogP contribution in [-0.4, -0.2) is 21.0 Å². The minimum atomic E-state index is -0.473. The van der Waals surface area contributed by atoms with E-state index in [9.17, 15) is 9.90 Å². The van der Waals surface area contributed by atoms with Gasteiger partial charge in [-0.3, -0.25) is 4.79 Å². The fraction of sp³-hybridized carbons (Fsp3) is 0. The van der Waals surface area contributed by atoms with Crippen molar-refractivity contribution in [2.24, 2.45) is 0 Å². The second kappa shape index (κ2) is 5.73. The summed E-state index contributed by atoms with van der Waals surface area (Å²) in [4.78, 5) is 19.4. The van der Waals surface area contributed by atoms with Crippen LogP contribution in [0.1, 0.15) is 10.4 Å². The average Bonchev–Trinajstić information content (AvgIpc) is 2.38. The van der Waals surface area contributed by atoms with E-state index in [1.54, 1.807) is 6.07 Å². The quantitative estimate of drug-likeness (QED) is 0.801. The zero-order valence-corrected chi connectivity index (χ0v) is 12.3. The lowest BCUT2D eigenvalue weighted by Gasteiger charge is -2.07. The molecule has 2 aromatic rings. The highest BCUT2D eigenvalue weighted by atomic mass is 79.9. The molecule has 0 fully saturated rings. The number of phenols is 1. The van der Waals surface area contributed by atoms with Crippen molar-refractivity contribution < 1.29 is 9.90 Å². The summed E-state index contributed by atoms with van der Waals surface area (Å²) < 4.78 is 0.493. The molecule has 1 heterocycles. The van der Waals surface area contributed by atoms with E-state index >= 15 is 0 Å². The average molecular weight is 363 g/mol. The van der Waals surface area contributed by atoms with Crippen molar-refractivity contribution in [1.82, 2.24) is 9.97 Å². The normalized spacial score (nSPS) is 10.3. The smallest absolute Gasteiger partial charge is 0.256 e. The lowest BCUT2D eigenvalue weighted by molar-refractivity contribution is 0.102. The van der Waals surface area contributed by atoms with Gasteiger partial charge in [-0.1, -0.05) is 23.2 Å². The number of amides is 1. The second-order valence-corrected chi connectivity index (χ2v) is 5.04. The highest BCUT2D eigenvalue weighted by molar-refractivity contribution is 9.10. The first kappa shape index (κ1) is 14.0. The highest BCUT2D eigenvalue weighted by Crippen LogP contribution is 2.27. The van der Waals surface area contributed by atoms with E-state index in [0.717, 1.165) is 0 Å². The van der Waals surface area contributed by atoms with Gasteiger partial charge in [-0.25, -0.2) is 9.97 Å². The number of anilines is 1. The van der Waals surface area contributed by atoms with Crippen molar-refractivity contribution in [1.29, 1.82) is 0 Å². The van der Waals surface area contributed by atoms with Crippen LogP contribution in [-0.2, 0) is 0 Å². The van der Waals surface area contributed by atoms with E-state index < -0.39 is 5.91 Å². The molecule has 0 saturated heterocycles. The van der Waals surface area contributed by atoms with E-state index in [1.165, 1.54) is 18.5 Å². The van der Waals surface area contributed by atoms with E-state index in [0.29, 0.717) is 4.47 Å². The van der Waals surface area contributed by atoms with Gasteiger partial charge in [0.1, 0.15) is 17.1 Å². The number of carbonyl (C=O) groups is 1. The molecule has 0 saturated carbocycles. The lowest BCUT2D eigenvalue weighted by Crippen LogP contribution is -2.13. The molecule has 98 valence electrons. The molecule has 8 heteroatoms. The standard InChI is InChI=1S/C11H6BrCl2N3O2/c12-6-2-1-5(3-7(6)18)11(19)17-10-8(13)9(14)15-4-16-10/h1-4,18H,(H,15,16,17,19). The molecule has 0 spiro atoms. The Labute approximate surface area is 126 Å². The maximum absolute atomic E-state index is 11.9. The van der Waals surface area contributed by atoms with E-state index in [1.807, 2.05) is 0 Å². The fourth-order valence-electron chi connectivity index (χ4n) is 1.27. The van der Waals surface area contributed by atoms with Crippen molar-refractivity contribution in [3.63, 3.8) is 0 Å². The molecule has 1 aromatic heterocycles. The second-order valence-electron chi connectivity index (χ2n) is 3.45. The predicted octanol–water partition coefficient (Wildman–Crippen LogP) is 3.50. The number of nitrogens with one attached hydrogen (secondary N) is 1. The van der Waals surface area contributed by atoms with Gasteiger partial charge in [-0.05, 0) is 34.1 Å². The van der Waals surface area contributed by atoms with Crippen molar-refractivity contribution in [2.45, 2.75) is 0 Å². The molecule has 0 atom stereocenters. The number of halogens is 3. The Morgan fingerprint density at radius 2 is 2.05 bits per heavy atom. The fourth-order valence-corrected chi connectivity index (χ4v) is 1.79. The third-order valence-corrected chi connectivity index (χ3v) is 3.60. The van der Waals surface area contributed by atoms with E-state index in [4.69, 9.17) is 23.2 Å². The molecule has 0 unspecified atom stereocenters. The van der Waals surface area contributed by atoms with Gasteiger partial charge in [0.25, 0.3) is 5.91 Å². The molecule has 2 N–H and O–H groups in total. The number of nitrogens with zero attached hydrogens (tertiary/aromatic N) is 2. The lowest BCUT2D eigenvalue weighted by atomic mass is 10.2. The molecule has 1 amide bonds. The van der Waals surface area contributed by atoms with Crippen LogP contribution >= 0.6 is 39.1 Å². The number of hydrogen-bond acceptors (Lipinski definition) is 4. The van der Waals surface area contributed by atoms with Gasteiger partial charge >= 0.3 is 0 Å². The van der Waals surface area contributed by atoms with Crippen LogP contribution < -0.4 is 5.32 Å². The van der Waals surface area contributed by atoms with Crippen LogP contribution in [0.2, 0.25) is 10.2 Å². The first-order valence-corrected chi connectivity index (χ1v) is 6.50. The van der Waals surface area contributed by atoms with Gasteiger partial charge in [-0.2, -0.15) is 0 Å². The molecular weight excluding hydrogens is 357 g/mol.